The van der Waals surface area contributed by atoms with Crippen LogP contribution in [0.4, 0.5) is 0 Å². The highest BCUT2D eigenvalue weighted by Gasteiger charge is 2.25. The standard InChI is InChI=1S/C12H21N3S/c1-9-10(8-14-15(9)2)7-13-11-5-4-6-12(11)16-3/h8,11-13H,4-7H2,1-3H3. The van der Waals surface area contributed by atoms with Gasteiger partial charge in [0.1, 0.15) is 0 Å². The lowest BCUT2D eigenvalue weighted by Crippen LogP contribution is -2.33. The highest BCUT2D eigenvalue weighted by atomic mass is 32.2. The van der Waals surface area contributed by atoms with Crippen LogP contribution in [0.2, 0.25) is 0 Å². The molecule has 0 saturated heterocycles. The van der Waals surface area contributed by atoms with Crippen molar-refractivity contribution in [3.8, 4) is 0 Å². The van der Waals surface area contributed by atoms with Crippen LogP contribution in [-0.2, 0) is 13.6 Å². The van der Waals surface area contributed by atoms with Crippen molar-refractivity contribution in [1.29, 1.82) is 0 Å². The lowest BCUT2D eigenvalue weighted by molar-refractivity contribution is 0.531. The zero-order valence-electron chi connectivity index (χ0n) is 10.4. The molecule has 1 heterocycles. The maximum Gasteiger partial charge on any atom is 0.0537 e. The van der Waals surface area contributed by atoms with Crippen molar-refractivity contribution >= 4 is 11.8 Å². The molecule has 0 bridgehead atoms. The van der Waals surface area contributed by atoms with E-state index >= 15 is 0 Å². The normalized spacial score (nSPS) is 25.2. The topological polar surface area (TPSA) is 29.9 Å². The minimum absolute atomic E-state index is 0.689. The van der Waals surface area contributed by atoms with Crippen molar-refractivity contribution < 1.29 is 0 Å². The Morgan fingerprint density at radius 3 is 3.00 bits per heavy atom. The molecule has 0 radical (unpaired) electrons. The van der Waals surface area contributed by atoms with E-state index in [4.69, 9.17) is 0 Å². The number of thioether (sulfide) groups is 1. The molecule has 1 aromatic rings. The fourth-order valence-electron chi connectivity index (χ4n) is 2.40. The summed E-state index contributed by atoms with van der Waals surface area (Å²) >= 11 is 2.00. The lowest BCUT2D eigenvalue weighted by Gasteiger charge is -2.18. The molecule has 2 unspecified atom stereocenters. The first kappa shape index (κ1) is 12.0. The molecule has 0 amide bonds. The van der Waals surface area contributed by atoms with Gasteiger partial charge in [0, 0.05) is 36.1 Å². The van der Waals surface area contributed by atoms with E-state index in [1.165, 1.54) is 30.5 Å². The Kier molecular flexibility index (Phi) is 3.92. The summed E-state index contributed by atoms with van der Waals surface area (Å²) < 4.78 is 1.94. The number of rotatable bonds is 4. The van der Waals surface area contributed by atoms with Gasteiger partial charge in [-0.1, -0.05) is 6.42 Å². The molecule has 0 aromatic carbocycles. The maximum atomic E-state index is 4.27. The van der Waals surface area contributed by atoms with Crippen LogP contribution >= 0.6 is 11.8 Å². The zero-order valence-corrected chi connectivity index (χ0v) is 11.2. The quantitative estimate of drug-likeness (QED) is 0.872. The van der Waals surface area contributed by atoms with Crippen molar-refractivity contribution in [1.82, 2.24) is 15.1 Å². The maximum absolute atomic E-state index is 4.27. The molecule has 0 aliphatic heterocycles. The molecule has 1 saturated carbocycles. The first-order chi connectivity index (χ1) is 7.72. The van der Waals surface area contributed by atoms with Crippen LogP contribution in [0.25, 0.3) is 0 Å². The molecule has 0 spiro atoms. The highest BCUT2D eigenvalue weighted by molar-refractivity contribution is 7.99. The van der Waals surface area contributed by atoms with Crippen molar-refractivity contribution in [3.63, 3.8) is 0 Å². The Hall–Kier alpha value is -0.480. The fraction of sp³-hybridized carbons (Fsp3) is 0.750. The second kappa shape index (κ2) is 5.23. The van der Waals surface area contributed by atoms with Crippen LogP contribution in [0.1, 0.15) is 30.5 Å². The van der Waals surface area contributed by atoms with E-state index in [1.807, 2.05) is 29.7 Å². The van der Waals surface area contributed by atoms with Crippen molar-refractivity contribution in [3.05, 3.63) is 17.5 Å². The number of aromatic nitrogens is 2. The monoisotopic (exact) mass is 239 g/mol. The summed E-state index contributed by atoms with van der Waals surface area (Å²) in [5, 5.41) is 8.75. The molecule has 1 fully saturated rings. The number of nitrogens with zero attached hydrogens (tertiary/aromatic N) is 2. The van der Waals surface area contributed by atoms with Crippen LogP contribution in [0.15, 0.2) is 6.20 Å². The summed E-state index contributed by atoms with van der Waals surface area (Å²) in [6, 6.07) is 0.689. The Bertz CT molecular complexity index is 348. The molecule has 2 atom stereocenters. The number of hydrogen-bond acceptors (Lipinski definition) is 3. The summed E-state index contributed by atoms with van der Waals surface area (Å²) in [7, 11) is 2.00. The van der Waals surface area contributed by atoms with Crippen molar-refractivity contribution in [2.45, 2.75) is 44.0 Å². The van der Waals surface area contributed by atoms with Gasteiger partial charge >= 0.3 is 0 Å². The van der Waals surface area contributed by atoms with E-state index < -0.39 is 0 Å². The second-order valence-electron chi connectivity index (χ2n) is 4.57. The van der Waals surface area contributed by atoms with E-state index in [9.17, 15) is 0 Å². The minimum Gasteiger partial charge on any atom is -0.309 e. The third-order valence-electron chi connectivity index (χ3n) is 3.65. The Balaban J connectivity index is 1.89. The minimum atomic E-state index is 0.689. The smallest absolute Gasteiger partial charge is 0.0537 e. The zero-order chi connectivity index (χ0) is 11.5. The highest BCUT2D eigenvalue weighted by Crippen LogP contribution is 2.28. The van der Waals surface area contributed by atoms with Gasteiger partial charge in [-0.2, -0.15) is 16.9 Å². The van der Waals surface area contributed by atoms with Crippen LogP contribution < -0.4 is 5.32 Å². The van der Waals surface area contributed by atoms with Gasteiger partial charge in [-0.25, -0.2) is 0 Å². The predicted octanol–water partition coefficient (Wildman–Crippen LogP) is 2.10. The predicted molar refractivity (Wildman–Crippen MR) is 69.7 cm³/mol. The number of aryl methyl sites for hydroxylation is 1. The average Bonchev–Trinajstić information content (AvgIpc) is 2.86. The van der Waals surface area contributed by atoms with E-state index in [0.29, 0.717) is 6.04 Å². The van der Waals surface area contributed by atoms with Gasteiger partial charge in [-0.05, 0) is 26.0 Å². The third kappa shape index (κ3) is 2.43. The van der Waals surface area contributed by atoms with E-state index in [2.05, 4.69) is 23.6 Å². The summed E-state index contributed by atoms with van der Waals surface area (Å²) in [5.74, 6) is 0. The van der Waals surface area contributed by atoms with Crippen LogP contribution in [0.5, 0.6) is 0 Å². The molecule has 4 heteroatoms. The van der Waals surface area contributed by atoms with Crippen molar-refractivity contribution in [2.24, 2.45) is 7.05 Å². The van der Waals surface area contributed by atoms with Gasteiger partial charge in [0.15, 0.2) is 0 Å². The van der Waals surface area contributed by atoms with Gasteiger partial charge in [-0.15, -0.1) is 0 Å². The SMILES string of the molecule is CSC1CCCC1NCc1cnn(C)c1C. The Morgan fingerprint density at radius 1 is 1.56 bits per heavy atom. The molecule has 1 aromatic heterocycles. The second-order valence-corrected chi connectivity index (χ2v) is 5.65. The first-order valence-electron chi connectivity index (χ1n) is 5.96. The van der Waals surface area contributed by atoms with Gasteiger partial charge in [0.05, 0.1) is 6.20 Å². The van der Waals surface area contributed by atoms with Gasteiger partial charge < -0.3 is 5.32 Å². The van der Waals surface area contributed by atoms with E-state index in [0.717, 1.165) is 11.8 Å². The Morgan fingerprint density at radius 2 is 2.38 bits per heavy atom. The van der Waals surface area contributed by atoms with Crippen molar-refractivity contribution in [2.75, 3.05) is 6.26 Å². The van der Waals surface area contributed by atoms with Gasteiger partial charge in [0.25, 0.3) is 0 Å². The largest absolute Gasteiger partial charge is 0.309 e. The summed E-state index contributed by atoms with van der Waals surface area (Å²) in [5.41, 5.74) is 2.60. The fourth-order valence-corrected chi connectivity index (χ4v) is 3.36. The summed E-state index contributed by atoms with van der Waals surface area (Å²) in [6.45, 7) is 3.09. The Labute approximate surface area is 102 Å². The summed E-state index contributed by atoms with van der Waals surface area (Å²) in [6.07, 6.45) is 8.26. The number of nitrogens with one attached hydrogen (secondary N) is 1. The van der Waals surface area contributed by atoms with E-state index in [1.54, 1.807) is 0 Å². The van der Waals surface area contributed by atoms with Gasteiger partial charge in [0.2, 0.25) is 0 Å². The molecule has 1 N–H and O–H groups in total. The van der Waals surface area contributed by atoms with Crippen LogP contribution in [-0.4, -0.2) is 27.3 Å². The molecular weight excluding hydrogens is 218 g/mol. The van der Waals surface area contributed by atoms with Crippen LogP contribution in [0, 0.1) is 6.92 Å². The molecular formula is C12H21N3S. The lowest BCUT2D eigenvalue weighted by atomic mass is 10.2. The van der Waals surface area contributed by atoms with E-state index in [-0.39, 0.29) is 0 Å². The molecule has 16 heavy (non-hydrogen) atoms. The third-order valence-corrected chi connectivity index (χ3v) is 4.82. The van der Waals surface area contributed by atoms with Gasteiger partial charge in [-0.3, -0.25) is 4.68 Å². The first-order valence-corrected chi connectivity index (χ1v) is 7.25. The number of hydrogen-bond donors (Lipinski definition) is 1. The molecule has 3 nitrogen and oxygen atoms in total. The molecule has 2 rings (SSSR count). The molecule has 90 valence electrons. The average molecular weight is 239 g/mol. The summed E-state index contributed by atoms with van der Waals surface area (Å²) in [4.78, 5) is 0. The van der Waals surface area contributed by atoms with Crippen LogP contribution in [0.3, 0.4) is 0 Å². The molecule has 1 aliphatic carbocycles. The molecule has 1 aliphatic rings.